The predicted molar refractivity (Wildman–Crippen MR) is 222 cm³/mol. The van der Waals surface area contributed by atoms with Crippen LogP contribution in [0.1, 0.15) is 25.1 Å². The minimum atomic E-state index is -0.329. The molecule has 0 unspecified atom stereocenters. The molecule has 0 saturated heterocycles. The van der Waals surface area contributed by atoms with Gasteiger partial charge < -0.3 is 0 Å². The lowest BCUT2D eigenvalue weighted by molar-refractivity contribution is 0.641. The van der Waals surface area contributed by atoms with Crippen molar-refractivity contribution in [3.05, 3.63) is 193 Å². The van der Waals surface area contributed by atoms with Crippen molar-refractivity contribution in [2.24, 2.45) is 0 Å². The Balaban J connectivity index is 1.14. The highest BCUT2D eigenvalue weighted by Crippen LogP contribution is 2.54. The summed E-state index contributed by atoms with van der Waals surface area (Å²) in [6.07, 6.45) is 0. The van der Waals surface area contributed by atoms with Crippen LogP contribution in [0.3, 0.4) is 0 Å². The lowest BCUT2D eigenvalue weighted by Crippen LogP contribution is -2.18. The molecule has 1 aliphatic carbocycles. The van der Waals surface area contributed by atoms with Crippen LogP contribution in [-0.4, -0.2) is 9.97 Å². The molecule has 0 saturated carbocycles. The van der Waals surface area contributed by atoms with Gasteiger partial charge in [-0.3, -0.25) is 0 Å². The van der Waals surface area contributed by atoms with Gasteiger partial charge in [-0.05, 0) is 78.2 Å². The Hall–Kier alpha value is -6.64. The summed E-state index contributed by atoms with van der Waals surface area (Å²) in [5, 5.41) is 4.85. The van der Waals surface area contributed by atoms with Crippen LogP contribution in [0, 0.1) is 0 Å². The molecule has 0 aliphatic heterocycles. The number of hydrogen-bond acceptors (Lipinski definition) is 2. The molecule has 0 bridgehead atoms. The van der Waals surface area contributed by atoms with E-state index in [0.29, 0.717) is 0 Å². The van der Waals surface area contributed by atoms with Crippen LogP contribution in [0.2, 0.25) is 0 Å². The third-order valence-electron chi connectivity index (χ3n) is 11.0. The smallest absolute Gasteiger partial charge is 0.160 e. The molecule has 10 rings (SSSR count). The summed E-state index contributed by atoms with van der Waals surface area (Å²) < 4.78 is 0. The second-order valence-corrected chi connectivity index (χ2v) is 14.6. The summed E-state index contributed by atoms with van der Waals surface area (Å²) in [5.74, 6) is 0.757. The molecule has 1 heterocycles. The van der Waals surface area contributed by atoms with Gasteiger partial charge in [0.15, 0.2) is 5.82 Å². The monoisotopic (exact) mass is 676 g/mol. The minimum absolute atomic E-state index is 0.329. The van der Waals surface area contributed by atoms with Crippen molar-refractivity contribution in [1.29, 1.82) is 0 Å². The van der Waals surface area contributed by atoms with E-state index in [2.05, 4.69) is 196 Å². The fourth-order valence-electron chi connectivity index (χ4n) is 8.40. The van der Waals surface area contributed by atoms with E-state index in [-0.39, 0.29) is 5.41 Å². The Bertz CT molecular complexity index is 2840. The number of aromatic nitrogens is 2. The Morgan fingerprint density at radius 3 is 1.62 bits per heavy atom. The van der Waals surface area contributed by atoms with E-state index in [1.807, 2.05) is 0 Å². The van der Waals surface area contributed by atoms with Crippen LogP contribution in [-0.2, 0) is 5.41 Å². The summed E-state index contributed by atoms with van der Waals surface area (Å²) in [6, 6.07) is 65.4. The number of fused-ring (bicyclic) bond motifs is 6. The zero-order chi connectivity index (χ0) is 35.5. The van der Waals surface area contributed by atoms with Gasteiger partial charge in [0.25, 0.3) is 0 Å². The van der Waals surface area contributed by atoms with Crippen molar-refractivity contribution in [1.82, 2.24) is 9.97 Å². The molecule has 9 aromatic rings. The Labute approximate surface area is 310 Å². The summed E-state index contributed by atoms with van der Waals surface area (Å²) >= 11 is 0. The standard InChI is InChI=1S/C51H36N2/c1-51(2)47-43-23-9-7-16-37(43)29-30-45(47)46-48(52-50(53-49(46)51)44-24-12-17-36-15-6-8-22-42(36)44)41-21-11-20-40(32-41)39-19-10-18-38(31-39)35-27-25-34(26-28-35)33-13-4-3-5-14-33/h3-32H,1-2H3. The first kappa shape index (κ1) is 31.1. The van der Waals surface area contributed by atoms with Gasteiger partial charge in [0.05, 0.1) is 11.4 Å². The van der Waals surface area contributed by atoms with Gasteiger partial charge in [-0.1, -0.05) is 184 Å². The van der Waals surface area contributed by atoms with Crippen LogP contribution in [0.25, 0.3) is 88.7 Å². The zero-order valence-electron chi connectivity index (χ0n) is 29.7. The third kappa shape index (κ3) is 5.18. The van der Waals surface area contributed by atoms with Crippen LogP contribution >= 0.6 is 0 Å². The van der Waals surface area contributed by atoms with Crippen molar-refractivity contribution in [3.8, 4) is 67.2 Å². The lowest BCUT2D eigenvalue weighted by atomic mass is 9.82. The van der Waals surface area contributed by atoms with E-state index >= 15 is 0 Å². The van der Waals surface area contributed by atoms with Gasteiger partial charge in [0, 0.05) is 22.1 Å². The van der Waals surface area contributed by atoms with E-state index in [4.69, 9.17) is 9.97 Å². The fraction of sp³-hybridized carbons (Fsp3) is 0.0588. The maximum absolute atomic E-state index is 5.50. The molecule has 0 amide bonds. The molecule has 1 aliphatic rings. The average molecular weight is 677 g/mol. The summed E-state index contributed by atoms with van der Waals surface area (Å²) in [6.45, 7) is 4.64. The van der Waals surface area contributed by atoms with Gasteiger partial charge in [0.2, 0.25) is 0 Å². The average Bonchev–Trinajstić information content (AvgIpc) is 3.46. The third-order valence-corrected chi connectivity index (χ3v) is 11.0. The summed E-state index contributed by atoms with van der Waals surface area (Å²) in [7, 11) is 0. The van der Waals surface area contributed by atoms with Crippen LogP contribution in [0.5, 0.6) is 0 Å². The first-order valence-corrected chi connectivity index (χ1v) is 18.3. The summed E-state index contributed by atoms with van der Waals surface area (Å²) in [5.41, 5.74) is 14.7. The van der Waals surface area contributed by atoms with E-state index in [9.17, 15) is 0 Å². The van der Waals surface area contributed by atoms with Crippen molar-refractivity contribution in [2.75, 3.05) is 0 Å². The highest BCUT2D eigenvalue weighted by atomic mass is 14.9. The van der Waals surface area contributed by atoms with Gasteiger partial charge in [-0.2, -0.15) is 0 Å². The second-order valence-electron chi connectivity index (χ2n) is 14.6. The van der Waals surface area contributed by atoms with E-state index in [1.165, 1.54) is 55.1 Å². The van der Waals surface area contributed by atoms with Gasteiger partial charge >= 0.3 is 0 Å². The first-order chi connectivity index (χ1) is 26.0. The fourth-order valence-corrected chi connectivity index (χ4v) is 8.40. The Morgan fingerprint density at radius 2 is 0.887 bits per heavy atom. The topological polar surface area (TPSA) is 25.8 Å². The van der Waals surface area contributed by atoms with Gasteiger partial charge in [-0.25, -0.2) is 9.97 Å². The number of hydrogen-bond donors (Lipinski definition) is 0. The molecule has 2 nitrogen and oxygen atoms in total. The Kier molecular flexibility index (Phi) is 7.19. The van der Waals surface area contributed by atoms with Crippen molar-refractivity contribution in [2.45, 2.75) is 19.3 Å². The first-order valence-electron chi connectivity index (χ1n) is 18.3. The molecule has 1 aromatic heterocycles. The number of rotatable bonds is 5. The van der Waals surface area contributed by atoms with E-state index < -0.39 is 0 Å². The highest BCUT2D eigenvalue weighted by Gasteiger charge is 2.41. The number of nitrogens with zero attached hydrogens (tertiary/aromatic N) is 2. The van der Waals surface area contributed by atoms with Crippen molar-refractivity contribution in [3.63, 3.8) is 0 Å². The SMILES string of the molecule is CC1(C)c2nc(-c3cccc4ccccc34)nc(-c3cccc(-c4cccc(-c5ccc(-c6ccccc6)cc5)c4)c3)c2-c2ccc3ccccc3c21. The molecular weight excluding hydrogens is 641 g/mol. The molecule has 8 aromatic carbocycles. The number of benzene rings is 8. The second kappa shape index (κ2) is 12.3. The normalized spacial score (nSPS) is 12.9. The van der Waals surface area contributed by atoms with Crippen molar-refractivity contribution >= 4 is 21.5 Å². The summed E-state index contributed by atoms with van der Waals surface area (Å²) in [4.78, 5) is 11.0. The predicted octanol–water partition coefficient (Wildman–Crippen LogP) is 13.4. The lowest BCUT2D eigenvalue weighted by Gasteiger charge is -2.23. The van der Waals surface area contributed by atoms with Crippen LogP contribution in [0.4, 0.5) is 0 Å². The molecule has 0 radical (unpaired) electrons. The molecule has 0 spiro atoms. The van der Waals surface area contributed by atoms with E-state index in [1.54, 1.807) is 0 Å². The molecule has 2 heteroatoms. The molecule has 0 atom stereocenters. The zero-order valence-corrected chi connectivity index (χ0v) is 29.7. The maximum atomic E-state index is 5.50. The molecular formula is C51H36N2. The largest absolute Gasteiger partial charge is 0.231 e. The molecule has 53 heavy (non-hydrogen) atoms. The van der Waals surface area contributed by atoms with Gasteiger partial charge in [-0.15, -0.1) is 0 Å². The molecule has 0 N–H and O–H groups in total. The van der Waals surface area contributed by atoms with Crippen LogP contribution < -0.4 is 0 Å². The maximum Gasteiger partial charge on any atom is 0.160 e. The van der Waals surface area contributed by atoms with Gasteiger partial charge in [0.1, 0.15) is 0 Å². The van der Waals surface area contributed by atoms with E-state index in [0.717, 1.165) is 44.9 Å². The Morgan fingerprint density at radius 1 is 0.377 bits per heavy atom. The highest BCUT2D eigenvalue weighted by molar-refractivity contribution is 6.02. The molecule has 250 valence electrons. The van der Waals surface area contributed by atoms with Crippen LogP contribution in [0.15, 0.2) is 182 Å². The van der Waals surface area contributed by atoms with Crippen molar-refractivity contribution < 1.29 is 0 Å². The quantitative estimate of drug-likeness (QED) is 0.181. The molecule has 0 fully saturated rings. The minimum Gasteiger partial charge on any atom is -0.231 e.